The maximum Gasteiger partial charge on any atom is 0.387 e. The van der Waals surface area contributed by atoms with Crippen LogP contribution >= 0.6 is 0 Å². The number of ether oxygens (including phenoxy) is 2. The lowest BCUT2D eigenvalue weighted by Crippen LogP contribution is -2.31. The minimum atomic E-state index is -3.00. The number of nitrogens with zero attached hydrogens (tertiary/aromatic N) is 1. The summed E-state index contributed by atoms with van der Waals surface area (Å²) in [6.07, 6.45) is 1.52. The van der Waals surface area contributed by atoms with E-state index in [0.29, 0.717) is 11.4 Å². The zero-order valence-corrected chi connectivity index (χ0v) is 17.3. The molecule has 3 aromatic carbocycles. The summed E-state index contributed by atoms with van der Waals surface area (Å²) in [6.45, 7) is -5.97. The van der Waals surface area contributed by atoms with Gasteiger partial charge in [0, 0.05) is 16.9 Å². The maximum atomic E-state index is 14.6. The van der Waals surface area contributed by atoms with Crippen LogP contribution in [0.3, 0.4) is 0 Å². The number of carbonyl (C=O) groups excluding carboxylic acids is 1. The number of anilines is 2. The molecule has 1 unspecified atom stereocenters. The summed E-state index contributed by atoms with van der Waals surface area (Å²) in [6, 6.07) is 16.0. The predicted octanol–water partition coefficient (Wildman–Crippen LogP) is 6.11. The molecule has 34 heavy (non-hydrogen) atoms. The first kappa shape index (κ1) is 23.1. The predicted molar refractivity (Wildman–Crippen MR) is 114 cm³/mol. The van der Waals surface area contributed by atoms with Crippen LogP contribution in [0.2, 0.25) is 0 Å². The van der Waals surface area contributed by atoms with Crippen LogP contribution in [0, 0.1) is 5.82 Å². The van der Waals surface area contributed by atoms with E-state index in [9.17, 15) is 26.7 Å². The Morgan fingerprint density at radius 3 is 1.91 bits per heavy atom. The van der Waals surface area contributed by atoms with Gasteiger partial charge in [-0.05, 0) is 60.7 Å². The molecule has 1 N–H and O–H groups in total. The highest BCUT2D eigenvalue weighted by Crippen LogP contribution is 2.37. The fourth-order valence-electron chi connectivity index (χ4n) is 3.54. The van der Waals surface area contributed by atoms with Crippen LogP contribution in [0.4, 0.5) is 33.3 Å². The highest BCUT2D eigenvalue weighted by molar-refractivity contribution is 6.11. The Morgan fingerprint density at radius 2 is 1.35 bits per heavy atom. The minimum Gasteiger partial charge on any atom is -0.435 e. The van der Waals surface area contributed by atoms with Crippen LogP contribution < -0.4 is 19.7 Å². The van der Waals surface area contributed by atoms with Gasteiger partial charge >= 0.3 is 13.2 Å². The largest absolute Gasteiger partial charge is 0.435 e. The molecule has 1 atom stereocenters. The Kier molecular flexibility index (Phi) is 6.67. The van der Waals surface area contributed by atoms with Crippen molar-refractivity contribution < 1.29 is 36.2 Å². The van der Waals surface area contributed by atoms with Gasteiger partial charge in [-0.1, -0.05) is 18.2 Å². The number of benzene rings is 3. The molecular weight excluding hydrogens is 459 g/mol. The molecule has 0 aliphatic carbocycles. The molecule has 0 spiro atoms. The van der Waals surface area contributed by atoms with Gasteiger partial charge in [0.15, 0.2) is 0 Å². The number of alkyl halides is 4. The lowest BCUT2D eigenvalue weighted by atomic mass is 10.1. The van der Waals surface area contributed by atoms with Gasteiger partial charge in [0.25, 0.3) is 5.91 Å². The molecule has 176 valence electrons. The highest BCUT2D eigenvalue weighted by Gasteiger charge is 2.36. The van der Waals surface area contributed by atoms with Crippen LogP contribution in [0.25, 0.3) is 0 Å². The van der Waals surface area contributed by atoms with E-state index in [0.717, 1.165) is 0 Å². The number of amides is 1. The molecule has 5 nitrogen and oxygen atoms in total. The van der Waals surface area contributed by atoms with E-state index in [1.807, 2.05) is 0 Å². The third-order valence-electron chi connectivity index (χ3n) is 4.97. The molecular formula is C24H17F5N2O3. The van der Waals surface area contributed by atoms with Gasteiger partial charge in [-0.25, -0.2) is 4.39 Å². The van der Waals surface area contributed by atoms with Crippen LogP contribution in [-0.4, -0.2) is 19.1 Å². The van der Waals surface area contributed by atoms with Crippen molar-refractivity contribution in [3.63, 3.8) is 0 Å². The lowest BCUT2D eigenvalue weighted by Gasteiger charge is -2.25. The SMILES string of the molecule is O=C1C(Nc2ccc(OC(F)F)cc2)=CC(c2ccccc2F)N1c1ccc(OC(F)F)cc1. The number of rotatable bonds is 8. The average Bonchev–Trinajstić information content (AvgIpc) is 3.11. The normalized spacial score (nSPS) is 15.6. The van der Waals surface area contributed by atoms with Crippen molar-refractivity contribution in [2.24, 2.45) is 0 Å². The molecule has 1 aliphatic rings. The summed E-state index contributed by atoms with van der Waals surface area (Å²) in [4.78, 5) is 14.6. The van der Waals surface area contributed by atoms with Crippen molar-refractivity contribution in [2.45, 2.75) is 19.3 Å². The second-order valence-corrected chi connectivity index (χ2v) is 7.12. The van der Waals surface area contributed by atoms with Gasteiger partial charge in [0.05, 0.1) is 6.04 Å². The topological polar surface area (TPSA) is 50.8 Å². The third kappa shape index (κ3) is 5.11. The maximum absolute atomic E-state index is 14.6. The average molecular weight is 476 g/mol. The Labute approximate surface area is 191 Å². The minimum absolute atomic E-state index is 0.0516. The highest BCUT2D eigenvalue weighted by atomic mass is 19.3. The van der Waals surface area contributed by atoms with Crippen molar-refractivity contribution in [3.05, 3.63) is 96.0 Å². The number of halogens is 5. The zero-order chi connectivity index (χ0) is 24.2. The molecule has 0 bridgehead atoms. The van der Waals surface area contributed by atoms with Gasteiger partial charge in [-0.3, -0.25) is 9.69 Å². The monoisotopic (exact) mass is 476 g/mol. The smallest absolute Gasteiger partial charge is 0.387 e. The molecule has 0 fully saturated rings. The van der Waals surface area contributed by atoms with E-state index < -0.39 is 31.0 Å². The van der Waals surface area contributed by atoms with E-state index in [1.54, 1.807) is 6.07 Å². The summed E-state index contributed by atoms with van der Waals surface area (Å²) in [5.41, 5.74) is 1.08. The number of hydrogen-bond donors (Lipinski definition) is 1. The summed E-state index contributed by atoms with van der Waals surface area (Å²) in [7, 11) is 0. The fourth-order valence-corrected chi connectivity index (χ4v) is 3.54. The number of hydrogen-bond acceptors (Lipinski definition) is 4. The Balaban J connectivity index is 1.64. The first-order valence-corrected chi connectivity index (χ1v) is 9.98. The van der Waals surface area contributed by atoms with Crippen LogP contribution in [-0.2, 0) is 4.79 Å². The van der Waals surface area contributed by atoms with Crippen LogP contribution in [0.1, 0.15) is 11.6 Å². The second kappa shape index (κ2) is 9.82. The van der Waals surface area contributed by atoms with Gasteiger partial charge < -0.3 is 14.8 Å². The van der Waals surface area contributed by atoms with Crippen LogP contribution in [0.15, 0.2) is 84.6 Å². The van der Waals surface area contributed by atoms with Crippen molar-refractivity contribution in [2.75, 3.05) is 10.2 Å². The van der Waals surface area contributed by atoms with E-state index >= 15 is 0 Å². The van der Waals surface area contributed by atoms with Crippen molar-refractivity contribution >= 4 is 17.3 Å². The van der Waals surface area contributed by atoms with E-state index in [4.69, 9.17) is 0 Å². The molecule has 1 aliphatic heterocycles. The van der Waals surface area contributed by atoms with Crippen molar-refractivity contribution in [3.8, 4) is 11.5 Å². The van der Waals surface area contributed by atoms with Gasteiger partial charge in [0.1, 0.15) is 23.0 Å². The first-order valence-electron chi connectivity index (χ1n) is 9.98. The third-order valence-corrected chi connectivity index (χ3v) is 4.97. The number of nitrogens with one attached hydrogen (secondary N) is 1. The first-order chi connectivity index (χ1) is 16.3. The number of carbonyl (C=O) groups is 1. The Bertz CT molecular complexity index is 1180. The summed E-state index contributed by atoms with van der Waals surface area (Å²) >= 11 is 0. The van der Waals surface area contributed by atoms with Gasteiger partial charge in [-0.2, -0.15) is 17.6 Å². The van der Waals surface area contributed by atoms with Crippen molar-refractivity contribution in [1.82, 2.24) is 0 Å². The van der Waals surface area contributed by atoms with Gasteiger partial charge in [-0.15, -0.1) is 0 Å². The van der Waals surface area contributed by atoms with E-state index in [1.165, 1.54) is 77.7 Å². The molecule has 4 rings (SSSR count). The molecule has 10 heteroatoms. The zero-order valence-electron chi connectivity index (χ0n) is 17.3. The summed E-state index contributed by atoms with van der Waals surface area (Å²) in [5, 5.41) is 2.91. The fraction of sp³-hybridized carbons (Fsp3) is 0.125. The van der Waals surface area contributed by atoms with E-state index in [-0.39, 0.29) is 22.8 Å². The quantitative estimate of drug-likeness (QED) is 0.399. The molecule has 3 aromatic rings. The molecule has 0 radical (unpaired) electrons. The van der Waals surface area contributed by atoms with Crippen LogP contribution in [0.5, 0.6) is 11.5 Å². The molecule has 0 aromatic heterocycles. The molecule has 0 saturated heterocycles. The second-order valence-electron chi connectivity index (χ2n) is 7.12. The lowest BCUT2D eigenvalue weighted by molar-refractivity contribution is -0.114. The van der Waals surface area contributed by atoms with Gasteiger partial charge in [0.2, 0.25) is 0 Å². The molecule has 1 heterocycles. The Morgan fingerprint density at radius 1 is 0.794 bits per heavy atom. The summed E-state index contributed by atoms with van der Waals surface area (Å²) < 4.78 is 72.9. The molecule has 0 saturated carbocycles. The van der Waals surface area contributed by atoms with E-state index in [2.05, 4.69) is 14.8 Å². The molecule has 1 amide bonds. The Hall–Kier alpha value is -4.08. The van der Waals surface area contributed by atoms with Crippen molar-refractivity contribution in [1.29, 1.82) is 0 Å². The standard InChI is InChI=1S/C24H17F5N2O3/c25-19-4-2-1-3-18(19)21-13-20(30-14-5-9-16(10-6-14)33-23(26)27)22(32)31(21)15-7-11-17(12-8-15)34-24(28)29/h1-13,21,23-24,30H. The summed E-state index contributed by atoms with van der Waals surface area (Å²) in [5.74, 6) is -1.19.